The molecule has 0 amide bonds. The molecule has 204 valence electrons. The van der Waals surface area contributed by atoms with Gasteiger partial charge in [-0.3, -0.25) is 9.59 Å². The van der Waals surface area contributed by atoms with E-state index in [1.807, 2.05) is 0 Å². The van der Waals surface area contributed by atoms with Crippen LogP contribution in [0.15, 0.2) is 0 Å². The van der Waals surface area contributed by atoms with Gasteiger partial charge >= 0.3 is 11.9 Å². The van der Waals surface area contributed by atoms with E-state index < -0.39 is 5.60 Å². The highest BCUT2D eigenvalue weighted by Crippen LogP contribution is 2.73. The minimum atomic E-state index is -0.527. The number of carbonyl (C=O) groups is 2. The lowest BCUT2D eigenvalue weighted by Gasteiger charge is -2.62. The van der Waals surface area contributed by atoms with Crippen molar-refractivity contribution in [1.29, 1.82) is 0 Å². The molecule has 0 aromatic carbocycles. The number of carbonyl (C=O) groups excluding carboxylic acids is 2. The van der Waals surface area contributed by atoms with Crippen molar-refractivity contribution in [2.75, 3.05) is 0 Å². The van der Waals surface area contributed by atoms with Crippen molar-refractivity contribution in [3.63, 3.8) is 0 Å². The third kappa shape index (κ3) is 3.96. The Labute approximate surface area is 218 Å². The van der Waals surface area contributed by atoms with Crippen molar-refractivity contribution in [3.05, 3.63) is 0 Å². The van der Waals surface area contributed by atoms with Gasteiger partial charge in [-0.2, -0.15) is 0 Å². The number of fused-ring (bicyclic) bond motifs is 5. The average Bonchev–Trinajstić information content (AvgIpc) is 3.40. The van der Waals surface area contributed by atoms with Gasteiger partial charge in [-0.1, -0.05) is 53.9 Å². The summed E-state index contributed by atoms with van der Waals surface area (Å²) in [7, 11) is 0. The molecule has 5 nitrogen and oxygen atoms in total. The van der Waals surface area contributed by atoms with E-state index in [4.69, 9.17) is 14.2 Å². The SMILES string of the molecule is CC(=O)OC1CC23OC1C[C@]2(C)[C@H]1CC[C@]2(C)[C@@H]([C@H](C)CCCC(C)C)CC[C@H]2[C@@H]1CC3OC(C)=O. The Morgan fingerprint density at radius 1 is 0.944 bits per heavy atom. The molecule has 5 rings (SSSR count). The van der Waals surface area contributed by atoms with Crippen LogP contribution in [-0.2, 0) is 23.8 Å². The summed E-state index contributed by atoms with van der Waals surface area (Å²) >= 11 is 0. The monoisotopic (exact) mass is 502 g/mol. The van der Waals surface area contributed by atoms with Crippen LogP contribution in [0.5, 0.6) is 0 Å². The van der Waals surface area contributed by atoms with E-state index in [0.29, 0.717) is 29.6 Å². The zero-order valence-corrected chi connectivity index (χ0v) is 23.8. The maximum atomic E-state index is 12.3. The maximum absolute atomic E-state index is 12.3. The molecule has 0 aromatic rings. The van der Waals surface area contributed by atoms with Gasteiger partial charge in [0.1, 0.15) is 17.8 Å². The summed E-state index contributed by atoms with van der Waals surface area (Å²) in [4.78, 5) is 24.1. The minimum absolute atomic E-state index is 0.0420. The highest BCUT2D eigenvalue weighted by Gasteiger charge is 2.76. The minimum Gasteiger partial charge on any atom is -0.460 e. The zero-order chi connectivity index (χ0) is 26.0. The Bertz CT molecular complexity index is 869. The van der Waals surface area contributed by atoms with Crippen molar-refractivity contribution >= 4 is 11.9 Å². The van der Waals surface area contributed by atoms with Crippen LogP contribution < -0.4 is 0 Å². The molecule has 2 aliphatic heterocycles. The van der Waals surface area contributed by atoms with Crippen LogP contribution in [0.4, 0.5) is 0 Å². The fraction of sp³-hybridized carbons (Fsp3) is 0.935. The predicted molar refractivity (Wildman–Crippen MR) is 139 cm³/mol. The molecule has 1 spiro atoms. The Morgan fingerprint density at radius 3 is 2.33 bits per heavy atom. The van der Waals surface area contributed by atoms with Crippen LogP contribution >= 0.6 is 0 Å². The third-order valence-electron chi connectivity index (χ3n) is 12.0. The lowest BCUT2D eigenvalue weighted by Crippen LogP contribution is -2.66. The van der Waals surface area contributed by atoms with Crippen molar-refractivity contribution in [2.45, 2.75) is 137 Å². The largest absolute Gasteiger partial charge is 0.460 e. The fourth-order valence-electron chi connectivity index (χ4n) is 10.5. The predicted octanol–water partition coefficient (Wildman–Crippen LogP) is 6.71. The number of hydrogen-bond donors (Lipinski definition) is 0. The van der Waals surface area contributed by atoms with Crippen LogP contribution in [0.2, 0.25) is 0 Å². The summed E-state index contributed by atoms with van der Waals surface area (Å²) in [5, 5.41) is 0. The molecule has 2 bridgehead atoms. The van der Waals surface area contributed by atoms with Gasteiger partial charge in [0.25, 0.3) is 0 Å². The molecular weight excluding hydrogens is 452 g/mol. The van der Waals surface area contributed by atoms with Gasteiger partial charge in [-0.25, -0.2) is 0 Å². The molecule has 3 aliphatic carbocycles. The molecular formula is C31H50O5. The lowest BCUT2D eigenvalue weighted by atomic mass is 9.43. The van der Waals surface area contributed by atoms with Gasteiger partial charge in [0.2, 0.25) is 0 Å². The first-order chi connectivity index (χ1) is 16.9. The Morgan fingerprint density at radius 2 is 1.67 bits per heavy atom. The molecule has 2 heterocycles. The lowest BCUT2D eigenvalue weighted by molar-refractivity contribution is -0.224. The van der Waals surface area contributed by atoms with E-state index >= 15 is 0 Å². The van der Waals surface area contributed by atoms with E-state index in [9.17, 15) is 9.59 Å². The van der Waals surface area contributed by atoms with Gasteiger partial charge < -0.3 is 14.2 Å². The van der Waals surface area contributed by atoms with Crippen LogP contribution in [0, 0.1) is 46.3 Å². The van der Waals surface area contributed by atoms with Crippen LogP contribution in [0.1, 0.15) is 113 Å². The summed E-state index contributed by atoms with van der Waals surface area (Å²) in [6.45, 7) is 15.2. The van der Waals surface area contributed by atoms with E-state index in [1.165, 1.54) is 58.8 Å². The van der Waals surface area contributed by atoms with Crippen molar-refractivity contribution in [2.24, 2.45) is 46.3 Å². The summed E-state index contributed by atoms with van der Waals surface area (Å²) < 4.78 is 18.6. The first-order valence-electron chi connectivity index (χ1n) is 14.9. The molecule has 5 fully saturated rings. The van der Waals surface area contributed by atoms with E-state index in [2.05, 4.69) is 34.6 Å². The Kier molecular flexibility index (Phi) is 6.83. The summed E-state index contributed by atoms with van der Waals surface area (Å²) in [6, 6.07) is 0. The molecule has 11 atom stereocenters. The second-order valence-electron chi connectivity index (χ2n) is 14.3. The van der Waals surface area contributed by atoms with Crippen LogP contribution in [0.25, 0.3) is 0 Å². The highest BCUT2D eigenvalue weighted by atomic mass is 16.6. The normalized spacial score (nSPS) is 47.7. The van der Waals surface area contributed by atoms with Gasteiger partial charge in [-0.15, -0.1) is 0 Å². The van der Waals surface area contributed by atoms with E-state index in [-0.39, 0.29) is 35.7 Å². The Balaban J connectivity index is 1.39. The van der Waals surface area contributed by atoms with Gasteiger partial charge in [0, 0.05) is 25.7 Å². The molecule has 0 aromatic heterocycles. The number of esters is 2. The molecule has 2 saturated heterocycles. The van der Waals surface area contributed by atoms with E-state index in [1.54, 1.807) is 0 Å². The number of ether oxygens (including phenoxy) is 3. The average molecular weight is 503 g/mol. The topological polar surface area (TPSA) is 61.8 Å². The van der Waals surface area contributed by atoms with Gasteiger partial charge in [0.15, 0.2) is 0 Å². The smallest absolute Gasteiger partial charge is 0.303 e. The molecule has 36 heavy (non-hydrogen) atoms. The van der Waals surface area contributed by atoms with Crippen LogP contribution in [-0.4, -0.2) is 35.9 Å². The summed E-state index contributed by atoms with van der Waals surface area (Å²) in [5.74, 6) is 3.76. The summed E-state index contributed by atoms with van der Waals surface area (Å²) in [5.41, 5.74) is -0.182. The molecule has 4 unspecified atom stereocenters. The van der Waals surface area contributed by atoms with Crippen LogP contribution in [0.3, 0.4) is 0 Å². The standard InChI is InChI=1S/C31H50O5/c1-18(2)9-8-10-19(3)23-11-12-24-22-15-28(35-21(5)33)31-17-26(34-20(4)32)27(36-31)16-30(31,7)25(22)13-14-29(23,24)6/h18-19,22-28H,8-17H2,1-7H3/t19-,22+,23-,24+,25+,26?,27?,28?,29-,30-,31?/m1/s1. The first-order valence-corrected chi connectivity index (χ1v) is 14.9. The van der Waals surface area contributed by atoms with Gasteiger partial charge in [-0.05, 0) is 79.4 Å². The summed E-state index contributed by atoms with van der Waals surface area (Å²) in [6.07, 6.45) is 11.1. The number of rotatable bonds is 7. The van der Waals surface area contributed by atoms with Crippen molar-refractivity contribution in [3.8, 4) is 0 Å². The molecule has 5 aliphatic rings. The van der Waals surface area contributed by atoms with Crippen molar-refractivity contribution < 1.29 is 23.8 Å². The van der Waals surface area contributed by atoms with E-state index in [0.717, 1.165) is 30.6 Å². The first kappa shape index (κ1) is 26.5. The zero-order valence-electron chi connectivity index (χ0n) is 23.8. The molecule has 0 radical (unpaired) electrons. The highest BCUT2D eigenvalue weighted by molar-refractivity contribution is 5.67. The second-order valence-corrected chi connectivity index (χ2v) is 14.3. The fourth-order valence-corrected chi connectivity index (χ4v) is 10.5. The third-order valence-corrected chi connectivity index (χ3v) is 12.0. The quantitative estimate of drug-likeness (QED) is 0.362. The van der Waals surface area contributed by atoms with Gasteiger partial charge in [0.05, 0.1) is 6.10 Å². The maximum Gasteiger partial charge on any atom is 0.303 e. The molecule has 0 N–H and O–H groups in total. The van der Waals surface area contributed by atoms with Crippen molar-refractivity contribution in [1.82, 2.24) is 0 Å². The number of hydrogen-bond acceptors (Lipinski definition) is 5. The molecule has 5 heteroatoms. The molecule has 3 saturated carbocycles. The second kappa shape index (κ2) is 9.27. The Hall–Kier alpha value is -1.10.